The molecule has 2 aromatic heterocycles. The van der Waals surface area contributed by atoms with Crippen molar-refractivity contribution in [3.8, 4) is 11.1 Å². The van der Waals surface area contributed by atoms with Crippen LogP contribution >= 0.6 is 0 Å². The number of hydrogen-bond donors (Lipinski definition) is 3. The molecule has 1 aromatic carbocycles. The third-order valence-corrected chi connectivity index (χ3v) is 5.16. The zero-order valence-electron chi connectivity index (χ0n) is 17.0. The Kier molecular flexibility index (Phi) is 6.90. The summed E-state index contributed by atoms with van der Waals surface area (Å²) in [5.74, 6) is 0.822. The quantitative estimate of drug-likeness (QED) is 0.476. The van der Waals surface area contributed by atoms with Gasteiger partial charge in [-0.25, -0.2) is 4.98 Å². The summed E-state index contributed by atoms with van der Waals surface area (Å²) in [6.07, 6.45) is 2.54. The first-order valence-electron chi connectivity index (χ1n) is 9.81. The highest BCUT2D eigenvalue weighted by atomic mass is 16.5. The van der Waals surface area contributed by atoms with Gasteiger partial charge in [0, 0.05) is 37.7 Å². The molecule has 0 unspecified atom stereocenters. The third kappa shape index (κ3) is 5.16. The molecule has 0 radical (unpaired) electrons. The molecule has 8 nitrogen and oxygen atoms in total. The van der Waals surface area contributed by atoms with Crippen molar-refractivity contribution in [2.24, 2.45) is 5.92 Å². The molecule has 154 valence electrons. The highest BCUT2D eigenvalue weighted by molar-refractivity contribution is 5.64. The Morgan fingerprint density at radius 3 is 2.28 bits per heavy atom. The molecular weight excluding hydrogens is 368 g/mol. The molecule has 2 atom stereocenters. The van der Waals surface area contributed by atoms with Crippen LogP contribution in [0, 0.1) is 5.92 Å². The molecule has 29 heavy (non-hydrogen) atoms. The van der Waals surface area contributed by atoms with E-state index in [-0.39, 0.29) is 11.8 Å². The minimum atomic E-state index is -1.43. The summed E-state index contributed by atoms with van der Waals surface area (Å²) < 4.78 is 0. The summed E-state index contributed by atoms with van der Waals surface area (Å²) in [4.78, 5) is 6.43. The van der Waals surface area contributed by atoms with E-state index >= 15 is 0 Å². The topological polar surface area (TPSA) is 111 Å². The number of pyridine rings is 1. The minimum absolute atomic E-state index is 0.236. The summed E-state index contributed by atoms with van der Waals surface area (Å²) in [7, 11) is 3.93. The van der Waals surface area contributed by atoms with E-state index in [1.165, 1.54) is 0 Å². The van der Waals surface area contributed by atoms with Crippen molar-refractivity contribution in [3.63, 3.8) is 0 Å². The van der Waals surface area contributed by atoms with Crippen LogP contribution < -0.4 is 4.90 Å². The van der Waals surface area contributed by atoms with E-state index in [4.69, 9.17) is 0 Å². The Labute approximate surface area is 170 Å². The molecule has 3 N–H and O–H groups in total. The lowest BCUT2D eigenvalue weighted by molar-refractivity contribution is -0.0943. The van der Waals surface area contributed by atoms with Gasteiger partial charge < -0.3 is 15.1 Å². The predicted octanol–water partition coefficient (Wildman–Crippen LogP) is 2.38. The fourth-order valence-corrected chi connectivity index (χ4v) is 3.56. The summed E-state index contributed by atoms with van der Waals surface area (Å²) in [6, 6.07) is 12.3. The SMILES string of the molecule is CCC[C@H](C(O)O)[C@H](Cc1ccc(-c2ccc(N(C)C)nc2)cc1)c1nn[nH]n1. The Morgan fingerprint density at radius 1 is 1.03 bits per heavy atom. The number of aromatic nitrogens is 5. The number of aromatic amines is 1. The van der Waals surface area contributed by atoms with Gasteiger partial charge in [0.05, 0.1) is 0 Å². The molecule has 3 rings (SSSR count). The lowest BCUT2D eigenvalue weighted by atomic mass is 9.82. The molecular formula is C21H28N6O2. The van der Waals surface area contributed by atoms with Crippen molar-refractivity contribution in [2.75, 3.05) is 19.0 Å². The number of rotatable bonds is 9. The van der Waals surface area contributed by atoms with Gasteiger partial charge in [-0.3, -0.25) is 0 Å². The van der Waals surface area contributed by atoms with E-state index in [0.29, 0.717) is 18.7 Å². The van der Waals surface area contributed by atoms with Gasteiger partial charge in [0.2, 0.25) is 0 Å². The van der Waals surface area contributed by atoms with Crippen LogP contribution in [-0.4, -0.2) is 56.2 Å². The number of aliphatic hydroxyl groups is 2. The van der Waals surface area contributed by atoms with Gasteiger partial charge in [-0.1, -0.05) is 42.8 Å². The number of nitrogens with one attached hydrogen (secondary N) is 1. The highest BCUT2D eigenvalue weighted by Crippen LogP contribution is 2.32. The van der Waals surface area contributed by atoms with Gasteiger partial charge in [0.1, 0.15) is 5.82 Å². The van der Waals surface area contributed by atoms with E-state index in [2.05, 4.69) is 55.9 Å². The molecule has 0 amide bonds. The van der Waals surface area contributed by atoms with E-state index < -0.39 is 6.29 Å². The number of H-pyrrole nitrogens is 1. The number of tetrazole rings is 1. The lowest BCUT2D eigenvalue weighted by Crippen LogP contribution is -2.28. The lowest BCUT2D eigenvalue weighted by Gasteiger charge is -2.26. The Morgan fingerprint density at radius 2 is 1.76 bits per heavy atom. The first-order chi connectivity index (χ1) is 14.0. The fraction of sp³-hybridized carbons (Fsp3) is 0.429. The van der Waals surface area contributed by atoms with Crippen LogP contribution in [0.15, 0.2) is 42.6 Å². The number of benzene rings is 1. The van der Waals surface area contributed by atoms with E-state index in [0.717, 1.165) is 28.9 Å². The van der Waals surface area contributed by atoms with Crippen molar-refractivity contribution in [2.45, 2.75) is 38.4 Å². The third-order valence-electron chi connectivity index (χ3n) is 5.16. The van der Waals surface area contributed by atoms with Crippen molar-refractivity contribution >= 4 is 5.82 Å². The van der Waals surface area contributed by atoms with Crippen molar-refractivity contribution in [3.05, 3.63) is 54.0 Å². The smallest absolute Gasteiger partial charge is 0.178 e. The van der Waals surface area contributed by atoms with Gasteiger partial charge in [-0.2, -0.15) is 5.21 Å². The summed E-state index contributed by atoms with van der Waals surface area (Å²) >= 11 is 0. The molecule has 3 aromatic rings. The Hall–Kier alpha value is -2.84. The maximum Gasteiger partial charge on any atom is 0.178 e. The normalized spacial score (nSPS) is 13.4. The molecule has 0 aliphatic rings. The van der Waals surface area contributed by atoms with Crippen molar-refractivity contribution in [1.82, 2.24) is 25.6 Å². The first kappa shape index (κ1) is 20.9. The van der Waals surface area contributed by atoms with Crippen LogP contribution in [0.1, 0.15) is 37.1 Å². The second kappa shape index (κ2) is 9.58. The highest BCUT2D eigenvalue weighted by Gasteiger charge is 2.31. The van der Waals surface area contributed by atoms with Crippen LogP contribution in [0.25, 0.3) is 11.1 Å². The van der Waals surface area contributed by atoms with Gasteiger partial charge >= 0.3 is 0 Å². The van der Waals surface area contributed by atoms with Crippen molar-refractivity contribution < 1.29 is 10.2 Å². The number of aliphatic hydroxyl groups excluding tert-OH is 1. The average Bonchev–Trinajstić information content (AvgIpc) is 3.25. The summed E-state index contributed by atoms with van der Waals surface area (Å²) in [5, 5.41) is 34.1. The molecule has 0 saturated heterocycles. The Bertz CT molecular complexity index is 863. The maximum absolute atomic E-state index is 9.90. The van der Waals surface area contributed by atoms with Crippen LogP contribution in [0.3, 0.4) is 0 Å². The summed E-state index contributed by atoms with van der Waals surface area (Å²) in [5.41, 5.74) is 3.20. The zero-order chi connectivity index (χ0) is 20.8. The Balaban J connectivity index is 1.80. The standard InChI is InChI=1S/C21H28N6O2/c1-4-5-17(21(28)29)18(20-23-25-26-24-20)12-14-6-8-15(9-7-14)16-10-11-19(22-13-16)27(2)3/h6-11,13,17-18,21,28-29H,4-5,12H2,1-3H3,(H,23,24,25,26)/t17-,18-/m0/s1. The fourth-order valence-electron chi connectivity index (χ4n) is 3.56. The molecule has 0 bridgehead atoms. The second-order valence-corrected chi connectivity index (χ2v) is 7.44. The minimum Gasteiger partial charge on any atom is -0.368 e. The summed E-state index contributed by atoms with van der Waals surface area (Å²) in [6.45, 7) is 2.02. The molecule has 0 spiro atoms. The number of anilines is 1. The van der Waals surface area contributed by atoms with E-state index in [9.17, 15) is 10.2 Å². The first-order valence-corrected chi connectivity index (χ1v) is 9.81. The van der Waals surface area contributed by atoms with Gasteiger partial charge in [-0.05, 0) is 36.1 Å². The molecule has 0 aliphatic heterocycles. The predicted molar refractivity (Wildman–Crippen MR) is 111 cm³/mol. The van der Waals surface area contributed by atoms with Crippen LogP contribution in [0.4, 0.5) is 5.82 Å². The largest absolute Gasteiger partial charge is 0.368 e. The number of hydrogen-bond acceptors (Lipinski definition) is 7. The van der Waals surface area contributed by atoms with Crippen LogP contribution in [-0.2, 0) is 6.42 Å². The molecule has 0 saturated carbocycles. The molecule has 8 heteroatoms. The van der Waals surface area contributed by atoms with Gasteiger partial charge in [-0.15, -0.1) is 10.2 Å². The van der Waals surface area contributed by atoms with Crippen LogP contribution in [0.5, 0.6) is 0 Å². The molecule has 2 heterocycles. The van der Waals surface area contributed by atoms with Gasteiger partial charge in [0.25, 0.3) is 0 Å². The van der Waals surface area contributed by atoms with Crippen molar-refractivity contribution in [1.29, 1.82) is 0 Å². The molecule has 0 fully saturated rings. The van der Waals surface area contributed by atoms with Crippen LogP contribution in [0.2, 0.25) is 0 Å². The number of nitrogens with zero attached hydrogens (tertiary/aromatic N) is 5. The van der Waals surface area contributed by atoms with E-state index in [1.54, 1.807) is 0 Å². The second-order valence-electron chi connectivity index (χ2n) is 7.44. The van der Waals surface area contributed by atoms with E-state index in [1.807, 2.05) is 38.2 Å². The maximum atomic E-state index is 9.90. The average molecular weight is 396 g/mol. The zero-order valence-corrected chi connectivity index (χ0v) is 17.0. The van der Waals surface area contributed by atoms with Gasteiger partial charge in [0.15, 0.2) is 12.1 Å². The molecule has 0 aliphatic carbocycles. The monoisotopic (exact) mass is 396 g/mol.